The van der Waals surface area contributed by atoms with Crippen LogP contribution in [0.4, 0.5) is 0 Å². The third-order valence-corrected chi connectivity index (χ3v) is 4.17. The van der Waals surface area contributed by atoms with Gasteiger partial charge in [-0.05, 0) is 37.3 Å². The first-order valence-electron chi connectivity index (χ1n) is 6.31. The first kappa shape index (κ1) is 10.6. The molecule has 2 nitrogen and oxygen atoms in total. The maximum atomic E-state index is 4.18. The number of hydrogen-bond acceptors (Lipinski definition) is 1. The summed E-state index contributed by atoms with van der Waals surface area (Å²) in [6, 6.07) is 6.85. The van der Waals surface area contributed by atoms with E-state index in [-0.39, 0.29) is 5.41 Å². The van der Waals surface area contributed by atoms with Crippen LogP contribution in [0.25, 0.3) is 0 Å². The van der Waals surface area contributed by atoms with Gasteiger partial charge >= 0.3 is 0 Å². The van der Waals surface area contributed by atoms with Crippen molar-refractivity contribution in [2.75, 3.05) is 0 Å². The normalized spacial score (nSPS) is 22.7. The highest BCUT2D eigenvalue weighted by Gasteiger charge is 2.38. The Bertz CT molecular complexity index is 528. The average molecular weight is 226 g/mol. The Balaban J connectivity index is 2.03. The molecule has 1 aliphatic carbocycles. The molecule has 1 heterocycles. The van der Waals surface area contributed by atoms with Crippen LogP contribution in [0.3, 0.4) is 0 Å². The van der Waals surface area contributed by atoms with Gasteiger partial charge in [-0.15, -0.1) is 0 Å². The third kappa shape index (κ3) is 1.59. The monoisotopic (exact) mass is 226 g/mol. The van der Waals surface area contributed by atoms with E-state index < -0.39 is 0 Å². The minimum atomic E-state index is 0.243. The molecule has 1 aromatic carbocycles. The first-order valence-corrected chi connectivity index (χ1v) is 6.31. The van der Waals surface area contributed by atoms with Gasteiger partial charge in [0.25, 0.3) is 0 Å². The Morgan fingerprint density at radius 1 is 1.29 bits per heavy atom. The predicted molar refractivity (Wildman–Crippen MR) is 69.1 cm³/mol. The van der Waals surface area contributed by atoms with E-state index in [0.717, 1.165) is 19.3 Å². The molecule has 1 atom stereocenters. The van der Waals surface area contributed by atoms with Gasteiger partial charge in [0, 0.05) is 17.3 Å². The molecule has 0 bridgehead atoms. The highest BCUT2D eigenvalue weighted by Crippen LogP contribution is 2.41. The fourth-order valence-corrected chi connectivity index (χ4v) is 3.06. The van der Waals surface area contributed by atoms with Crippen LogP contribution in [-0.4, -0.2) is 9.97 Å². The van der Waals surface area contributed by atoms with Crippen molar-refractivity contribution in [1.29, 1.82) is 0 Å². The second-order valence-corrected chi connectivity index (χ2v) is 5.22. The van der Waals surface area contributed by atoms with E-state index in [1.54, 1.807) is 6.33 Å². The number of hydrogen-bond donors (Lipinski definition) is 1. The summed E-state index contributed by atoms with van der Waals surface area (Å²) in [6.07, 6.45) is 7.22. The first-order chi connectivity index (χ1) is 8.23. The van der Waals surface area contributed by atoms with Gasteiger partial charge in [0.15, 0.2) is 0 Å². The molecule has 0 aliphatic heterocycles. The van der Waals surface area contributed by atoms with Crippen molar-refractivity contribution in [2.45, 2.75) is 38.5 Å². The average Bonchev–Trinajstić information content (AvgIpc) is 2.95. The van der Waals surface area contributed by atoms with E-state index in [0.29, 0.717) is 0 Å². The third-order valence-electron chi connectivity index (χ3n) is 4.17. The summed E-state index contributed by atoms with van der Waals surface area (Å²) in [4.78, 5) is 7.49. The zero-order valence-corrected chi connectivity index (χ0v) is 10.5. The highest BCUT2D eigenvalue weighted by atomic mass is 14.9. The van der Waals surface area contributed by atoms with Crippen molar-refractivity contribution >= 4 is 0 Å². The van der Waals surface area contributed by atoms with Crippen LogP contribution < -0.4 is 0 Å². The van der Waals surface area contributed by atoms with Crippen LogP contribution in [0.2, 0.25) is 0 Å². The van der Waals surface area contributed by atoms with Crippen molar-refractivity contribution < 1.29 is 0 Å². The van der Waals surface area contributed by atoms with E-state index in [9.17, 15) is 0 Å². The summed E-state index contributed by atoms with van der Waals surface area (Å²) in [5, 5.41) is 0. The number of nitrogens with one attached hydrogen (secondary N) is 1. The van der Waals surface area contributed by atoms with E-state index in [1.807, 2.05) is 6.20 Å². The number of aromatic amines is 1. The number of aromatic nitrogens is 2. The minimum Gasteiger partial charge on any atom is -0.348 e. The number of imidazole rings is 1. The number of nitrogens with zero attached hydrogens (tertiary/aromatic N) is 1. The van der Waals surface area contributed by atoms with Gasteiger partial charge in [0.1, 0.15) is 0 Å². The fraction of sp³-hybridized carbons (Fsp3) is 0.400. The number of rotatable bonds is 2. The molecule has 1 aromatic heterocycles. The van der Waals surface area contributed by atoms with Crippen LogP contribution in [0.1, 0.15) is 35.7 Å². The molecule has 0 saturated carbocycles. The lowest BCUT2D eigenvalue weighted by molar-refractivity contribution is 0.423. The van der Waals surface area contributed by atoms with Crippen LogP contribution >= 0.6 is 0 Å². The lowest BCUT2D eigenvalue weighted by Crippen LogP contribution is -2.26. The number of benzene rings is 1. The molecule has 0 saturated heterocycles. The summed E-state index contributed by atoms with van der Waals surface area (Å²) in [5.41, 5.74) is 5.91. The van der Waals surface area contributed by atoms with Gasteiger partial charge in [-0.2, -0.15) is 0 Å². The van der Waals surface area contributed by atoms with E-state index in [2.05, 4.69) is 42.0 Å². The summed E-state index contributed by atoms with van der Waals surface area (Å²) in [5.74, 6) is 0. The molecular formula is C15H18N2. The van der Waals surface area contributed by atoms with Crippen LogP contribution in [0.5, 0.6) is 0 Å². The van der Waals surface area contributed by atoms with Crippen molar-refractivity contribution in [3.63, 3.8) is 0 Å². The lowest BCUT2D eigenvalue weighted by Gasteiger charge is -2.25. The van der Waals surface area contributed by atoms with Gasteiger partial charge in [0.05, 0.1) is 6.33 Å². The molecule has 2 aromatic rings. The maximum absolute atomic E-state index is 4.18. The minimum absolute atomic E-state index is 0.243. The zero-order chi connectivity index (χ0) is 11.9. The maximum Gasteiger partial charge on any atom is 0.0921 e. The largest absolute Gasteiger partial charge is 0.348 e. The van der Waals surface area contributed by atoms with Crippen molar-refractivity contribution in [2.24, 2.45) is 0 Å². The number of aryl methyl sites for hydroxylation is 1. The van der Waals surface area contributed by atoms with Gasteiger partial charge in [-0.1, -0.05) is 30.7 Å². The number of H-pyrrole nitrogens is 1. The molecular weight excluding hydrogens is 208 g/mol. The second-order valence-electron chi connectivity index (χ2n) is 5.22. The Hall–Kier alpha value is -1.57. The fourth-order valence-electron chi connectivity index (χ4n) is 3.06. The van der Waals surface area contributed by atoms with Gasteiger partial charge in [-0.25, -0.2) is 4.98 Å². The topological polar surface area (TPSA) is 28.7 Å². The molecule has 1 unspecified atom stereocenters. The van der Waals surface area contributed by atoms with E-state index in [1.165, 1.54) is 22.4 Å². The summed E-state index contributed by atoms with van der Waals surface area (Å²) in [6.45, 7) is 4.45. The smallest absolute Gasteiger partial charge is 0.0921 e. The molecule has 88 valence electrons. The van der Waals surface area contributed by atoms with Crippen LogP contribution in [0.15, 0.2) is 30.7 Å². The molecule has 2 heteroatoms. The molecule has 17 heavy (non-hydrogen) atoms. The number of fused-ring (bicyclic) bond motifs is 1. The molecule has 1 N–H and O–H groups in total. The Kier molecular flexibility index (Phi) is 2.32. The summed E-state index contributed by atoms with van der Waals surface area (Å²) in [7, 11) is 0. The van der Waals surface area contributed by atoms with Crippen LogP contribution in [0, 0.1) is 6.92 Å². The molecule has 3 rings (SSSR count). The molecule has 0 radical (unpaired) electrons. The molecule has 0 spiro atoms. The molecule has 0 amide bonds. The molecule has 0 fully saturated rings. The second kappa shape index (κ2) is 3.73. The molecule has 1 aliphatic rings. The van der Waals surface area contributed by atoms with Crippen molar-refractivity contribution in [3.8, 4) is 0 Å². The van der Waals surface area contributed by atoms with E-state index >= 15 is 0 Å². The van der Waals surface area contributed by atoms with Crippen LogP contribution in [-0.2, 0) is 18.3 Å². The van der Waals surface area contributed by atoms with Gasteiger partial charge < -0.3 is 4.98 Å². The Labute approximate surface area is 102 Å². The summed E-state index contributed by atoms with van der Waals surface area (Å²) < 4.78 is 0. The standard InChI is InChI=1S/C15H18N2/c1-3-15(14-9-16-10-17-14)7-12-5-4-11(2)6-13(12)8-15/h4-6,9-10H,3,7-8H2,1-2H3,(H,16,17). The lowest BCUT2D eigenvalue weighted by atomic mass is 9.79. The highest BCUT2D eigenvalue weighted by molar-refractivity contribution is 5.41. The predicted octanol–water partition coefficient (Wildman–Crippen LogP) is 3.16. The summed E-state index contributed by atoms with van der Waals surface area (Å²) >= 11 is 0. The van der Waals surface area contributed by atoms with E-state index in [4.69, 9.17) is 0 Å². The quantitative estimate of drug-likeness (QED) is 0.837. The van der Waals surface area contributed by atoms with Crippen molar-refractivity contribution in [3.05, 3.63) is 53.1 Å². The van der Waals surface area contributed by atoms with Gasteiger partial charge in [0.2, 0.25) is 0 Å². The van der Waals surface area contributed by atoms with Gasteiger partial charge in [-0.3, -0.25) is 0 Å². The van der Waals surface area contributed by atoms with Crippen molar-refractivity contribution in [1.82, 2.24) is 9.97 Å². The Morgan fingerprint density at radius 2 is 2.12 bits per heavy atom. The Morgan fingerprint density at radius 3 is 2.82 bits per heavy atom. The zero-order valence-electron chi connectivity index (χ0n) is 10.5. The SMILES string of the molecule is CCC1(c2cnc[nH]2)Cc2ccc(C)cc2C1.